The molecular weight excluding hydrogens is 349 g/mol. The third-order valence-electron chi connectivity index (χ3n) is 4.71. The summed E-state index contributed by atoms with van der Waals surface area (Å²) in [6, 6.07) is 4.24. The van der Waals surface area contributed by atoms with Crippen LogP contribution in [0, 0.1) is 11.2 Å². The third-order valence-corrected chi connectivity index (χ3v) is 4.71. The molecule has 1 heterocycles. The molecule has 0 radical (unpaired) electrons. The molecule has 1 saturated heterocycles. The standard InChI is InChI=1S/C20H30FN3O3/c1-13(23-19(27)20(2,3)4)18(26)22-12-14-5-6-17(16(21)11-14)24-9-7-15(25)8-10-24/h5-6,11,13,15,25H,7-10,12H2,1-4H3,(H,22,26)(H,23,27)/t13-/m0/s1. The number of carbonyl (C=O) groups excluding carboxylic acids is 2. The Morgan fingerprint density at radius 1 is 1.30 bits per heavy atom. The zero-order valence-electron chi connectivity index (χ0n) is 16.5. The summed E-state index contributed by atoms with van der Waals surface area (Å²) >= 11 is 0. The van der Waals surface area contributed by atoms with Gasteiger partial charge in [0.05, 0.1) is 11.8 Å². The van der Waals surface area contributed by atoms with E-state index in [0.717, 1.165) is 0 Å². The van der Waals surface area contributed by atoms with Gasteiger partial charge in [0, 0.05) is 25.0 Å². The van der Waals surface area contributed by atoms with Crippen molar-refractivity contribution in [2.75, 3.05) is 18.0 Å². The van der Waals surface area contributed by atoms with E-state index in [1.807, 2.05) is 4.90 Å². The van der Waals surface area contributed by atoms with Crippen LogP contribution in [0.2, 0.25) is 0 Å². The number of aliphatic hydroxyl groups excluding tert-OH is 1. The van der Waals surface area contributed by atoms with Crippen molar-refractivity contribution in [3.63, 3.8) is 0 Å². The highest BCUT2D eigenvalue weighted by Crippen LogP contribution is 2.24. The molecule has 0 unspecified atom stereocenters. The number of rotatable bonds is 5. The van der Waals surface area contributed by atoms with E-state index in [1.165, 1.54) is 6.07 Å². The van der Waals surface area contributed by atoms with Crippen molar-refractivity contribution in [3.05, 3.63) is 29.6 Å². The fraction of sp³-hybridized carbons (Fsp3) is 0.600. The van der Waals surface area contributed by atoms with E-state index in [1.54, 1.807) is 39.8 Å². The highest BCUT2D eigenvalue weighted by Gasteiger charge is 2.25. The van der Waals surface area contributed by atoms with Crippen molar-refractivity contribution < 1.29 is 19.1 Å². The first-order valence-corrected chi connectivity index (χ1v) is 9.38. The minimum atomic E-state index is -0.666. The normalized spacial score (nSPS) is 16.7. The Hall–Kier alpha value is -2.15. The highest BCUT2D eigenvalue weighted by atomic mass is 19.1. The molecule has 1 aromatic carbocycles. The summed E-state index contributed by atoms with van der Waals surface area (Å²) in [4.78, 5) is 26.0. The van der Waals surface area contributed by atoms with E-state index in [0.29, 0.717) is 37.2 Å². The number of hydrogen-bond donors (Lipinski definition) is 3. The van der Waals surface area contributed by atoms with Gasteiger partial charge in [-0.1, -0.05) is 26.8 Å². The molecule has 0 aromatic heterocycles. The lowest BCUT2D eigenvalue weighted by Gasteiger charge is -2.31. The fourth-order valence-electron chi connectivity index (χ4n) is 2.84. The number of amides is 2. The van der Waals surface area contributed by atoms with E-state index in [-0.39, 0.29) is 30.3 Å². The Labute approximate surface area is 160 Å². The van der Waals surface area contributed by atoms with Crippen LogP contribution in [0.15, 0.2) is 18.2 Å². The molecule has 0 bridgehead atoms. The molecule has 1 atom stereocenters. The highest BCUT2D eigenvalue weighted by molar-refractivity contribution is 5.89. The van der Waals surface area contributed by atoms with Crippen molar-refractivity contribution in [1.82, 2.24) is 10.6 Å². The summed E-state index contributed by atoms with van der Waals surface area (Å²) in [5.41, 5.74) is 0.594. The Kier molecular flexibility index (Phi) is 6.81. The molecule has 1 aromatic rings. The summed E-state index contributed by atoms with van der Waals surface area (Å²) < 4.78 is 14.4. The molecule has 3 N–H and O–H groups in total. The quantitative estimate of drug-likeness (QED) is 0.730. The summed E-state index contributed by atoms with van der Waals surface area (Å²) in [6.07, 6.45) is 0.963. The van der Waals surface area contributed by atoms with Gasteiger partial charge in [-0.05, 0) is 37.5 Å². The maximum absolute atomic E-state index is 14.4. The molecule has 6 nitrogen and oxygen atoms in total. The molecule has 7 heteroatoms. The van der Waals surface area contributed by atoms with E-state index in [9.17, 15) is 19.1 Å². The largest absolute Gasteiger partial charge is 0.393 e. The van der Waals surface area contributed by atoms with Crippen LogP contribution in [-0.2, 0) is 16.1 Å². The van der Waals surface area contributed by atoms with Crippen molar-refractivity contribution >= 4 is 17.5 Å². The molecular formula is C20H30FN3O3. The molecule has 0 saturated carbocycles. The van der Waals surface area contributed by atoms with E-state index >= 15 is 0 Å². The summed E-state index contributed by atoms with van der Waals surface area (Å²) in [5, 5.41) is 15.0. The van der Waals surface area contributed by atoms with Gasteiger partial charge in [0.25, 0.3) is 0 Å². The third kappa shape index (κ3) is 5.92. The zero-order valence-corrected chi connectivity index (χ0v) is 16.5. The van der Waals surface area contributed by atoms with Crippen molar-refractivity contribution in [2.45, 2.75) is 59.2 Å². The number of anilines is 1. The summed E-state index contributed by atoms with van der Waals surface area (Å²) in [7, 11) is 0. The Balaban J connectivity index is 1.89. The lowest BCUT2D eigenvalue weighted by molar-refractivity contribution is -0.133. The summed E-state index contributed by atoms with van der Waals surface area (Å²) in [6.45, 7) is 8.39. The van der Waals surface area contributed by atoms with Crippen LogP contribution in [0.25, 0.3) is 0 Å². The fourth-order valence-corrected chi connectivity index (χ4v) is 2.84. The minimum absolute atomic E-state index is 0.185. The van der Waals surface area contributed by atoms with Gasteiger partial charge in [-0.3, -0.25) is 9.59 Å². The number of hydrogen-bond acceptors (Lipinski definition) is 4. The first-order valence-electron chi connectivity index (χ1n) is 9.38. The average molecular weight is 379 g/mol. The van der Waals surface area contributed by atoms with Gasteiger partial charge in [0.1, 0.15) is 11.9 Å². The van der Waals surface area contributed by atoms with Gasteiger partial charge in [-0.25, -0.2) is 4.39 Å². The van der Waals surface area contributed by atoms with Gasteiger partial charge in [0.2, 0.25) is 11.8 Å². The Morgan fingerprint density at radius 3 is 2.48 bits per heavy atom. The molecule has 150 valence electrons. The number of benzene rings is 1. The lowest BCUT2D eigenvalue weighted by Crippen LogP contribution is -2.48. The second-order valence-electron chi connectivity index (χ2n) is 8.17. The van der Waals surface area contributed by atoms with Crippen molar-refractivity contribution in [2.24, 2.45) is 5.41 Å². The number of nitrogens with zero attached hydrogens (tertiary/aromatic N) is 1. The maximum Gasteiger partial charge on any atom is 0.242 e. The minimum Gasteiger partial charge on any atom is -0.393 e. The van der Waals surface area contributed by atoms with Crippen LogP contribution in [0.3, 0.4) is 0 Å². The van der Waals surface area contributed by atoms with Gasteiger partial charge >= 0.3 is 0 Å². The number of piperidine rings is 1. The van der Waals surface area contributed by atoms with Crippen molar-refractivity contribution in [1.29, 1.82) is 0 Å². The SMILES string of the molecule is C[C@H](NC(=O)C(C)(C)C)C(=O)NCc1ccc(N2CCC(O)CC2)c(F)c1. The lowest BCUT2D eigenvalue weighted by atomic mass is 9.95. The zero-order chi connectivity index (χ0) is 20.2. The van der Waals surface area contributed by atoms with Gasteiger partial charge < -0.3 is 20.6 Å². The second kappa shape index (κ2) is 8.69. The van der Waals surface area contributed by atoms with Crippen LogP contribution < -0.4 is 15.5 Å². The molecule has 27 heavy (non-hydrogen) atoms. The van der Waals surface area contributed by atoms with Crippen LogP contribution in [0.1, 0.15) is 46.1 Å². The number of nitrogens with one attached hydrogen (secondary N) is 2. The van der Waals surface area contributed by atoms with Crippen LogP contribution in [-0.4, -0.2) is 42.2 Å². The second-order valence-corrected chi connectivity index (χ2v) is 8.17. The van der Waals surface area contributed by atoms with E-state index in [2.05, 4.69) is 10.6 Å². The van der Waals surface area contributed by atoms with Crippen molar-refractivity contribution in [3.8, 4) is 0 Å². The topological polar surface area (TPSA) is 81.7 Å². The molecule has 1 aliphatic heterocycles. The van der Waals surface area contributed by atoms with Crippen LogP contribution in [0.4, 0.5) is 10.1 Å². The molecule has 2 rings (SSSR count). The molecule has 0 aliphatic carbocycles. The molecule has 2 amide bonds. The number of aliphatic hydroxyl groups is 1. The average Bonchev–Trinajstić information content (AvgIpc) is 2.59. The monoisotopic (exact) mass is 379 g/mol. The van der Waals surface area contributed by atoms with Crippen LogP contribution in [0.5, 0.6) is 0 Å². The Bertz CT molecular complexity index is 680. The van der Waals surface area contributed by atoms with Gasteiger partial charge in [0.15, 0.2) is 0 Å². The van der Waals surface area contributed by atoms with Gasteiger partial charge in [-0.15, -0.1) is 0 Å². The molecule has 1 fully saturated rings. The van der Waals surface area contributed by atoms with Crippen LogP contribution >= 0.6 is 0 Å². The predicted molar refractivity (Wildman–Crippen MR) is 103 cm³/mol. The molecule has 0 spiro atoms. The molecule has 1 aliphatic rings. The summed E-state index contributed by atoms with van der Waals surface area (Å²) in [5.74, 6) is -0.860. The number of halogens is 1. The first kappa shape index (κ1) is 21.2. The smallest absolute Gasteiger partial charge is 0.242 e. The van der Waals surface area contributed by atoms with Gasteiger partial charge in [-0.2, -0.15) is 0 Å². The van der Waals surface area contributed by atoms with E-state index < -0.39 is 11.5 Å². The predicted octanol–water partition coefficient (Wildman–Crippen LogP) is 1.95. The maximum atomic E-state index is 14.4. The Morgan fingerprint density at radius 2 is 1.93 bits per heavy atom. The van der Waals surface area contributed by atoms with E-state index in [4.69, 9.17) is 0 Å². The first-order chi connectivity index (χ1) is 12.6. The number of carbonyl (C=O) groups is 2.